The fraction of sp³-hybridized carbons (Fsp3) is 0.688. The van der Waals surface area contributed by atoms with Gasteiger partial charge in [-0.25, -0.2) is 4.98 Å². The Labute approximate surface area is 123 Å². The van der Waals surface area contributed by atoms with E-state index in [4.69, 9.17) is 4.74 Å². The lowest BCUT2D eigenvalue weighted by atomic mass is 10.2. The van der Waals surface area contributed by atoms with Crippen molar-refractivity contribution in [2.75, 3.05) is 37.7 Å². The highest BCUT2D eigenvalue weighted by Gasteiger charge is 2.09. The molecular weight excluding hydrogens is 250 g/mol. The zero-order valence-electron chi connectivity index (χ0n) is 13.4. The smallest absolute Gasteiger partial charge is 0.131 e. The largest absolute Gasteiger partial charge is 0.380 e. The van der Waals surface area contributed by atoms with Gasteiger partial charge in [-0.05, 0) is 50.9 Å². The number of hydrogen-bond acceptors (Lipinski definition) is 4. The maximum atomic E-state index is 5.44. The van der Waals surface area contributed by atoms with Gasteiger partial charge < -0.3 is 15.0 Å². The summed E-state index contributed by atoms with van der Waals surface area (Å²) in [4.78, 5) is 6.91. The summed E-state index contributed by atoms with van der Waals surface area (Å²) >= 11 is 0. The predicted octanol–water partition coefficient (Wildman–Crippen LogP) is 2.75. The second kappa shape index (κ2) is 9.72. The highest BCUT2D eigenvalue weighted by atomic mass is 16.5. The number of nitrogens with one attached hydrogen (secondary N) is 1. The molecule has 0 spiro atoms. The van der Waals surface area contributed by atoms with Crippen molar-refractivity contribution in [3.05, 3.63) is 23.4 Å². The molecule has 0 aliphatic carbocycles. The van der Waals surface area contributed by atoms with Crippen LogP contribution in [0.15, 0.2) is 12.3 Å². The topological polar surface area (TPSA) is 37.4 Å². The second-order valence-electron chi connectivity index (χ2n) is 4.94. The Kier molecular flexibility index (Phi) is 8.23. The molecule has 0 aromatic carbocycles. The molecule has 0 saturated carbocycles. The minimum absolute atomic E-state index is 0.755. The molecule has 1 N–H and O–H groups in total. The number of nitrogens with zero attached hydrogens (tertiary/aromatic N) is 2. The first-order chi connectivity index (χ1) is 9.72. The molecule has 4 nitrogen and oxygen atoms in total. The Morgan fingerprint density at radius 3 is 2.70 bits per heavy atom. The molecule has 1 rings (SSSR count). The average molecular weight is 279 g/mol. The molecule has 0 aliphatic rings. The lowest BCUT2D eigenvalue weighted by molar-refractivity contribution is 0.154. The van der Waals surface area contributed by atoms with Crippen molar-refractivity contribution >= 4 is 5.82 Å². The molecule has 0 bridgehead atoms. The monoisotopic (exact) mass is 279 g/mol. The third kappa shape index (κ3) is 5.47. The van der Waals surface area contributed by atoms with Gasteiger partial charge in [-0.1, -0.05) is 6.92 Å². The van der Waals surface area contributed by atoms with Crippen LogP contribution in [0.4, 0.5) is 5.82 Å². The van der Waals surface area contributed by atoms with Gasteiger partial charge in [0, 0.05) is 32.4 Å². The van der Waals surface area contributed by atoms with E-state index in [9.17, 15) is 0 Å². The van der Waals surface area contributed by atoms with E-state index in [-0.39, 0.29) is 0 Å². The van der Waals surface area contributed by atoms with Crippen LogP contribution in [0.3, 0.4) is 0 Å². The molecule has 0 atom stereocenters. The summed E-state index contributed by atoms with van der Waals surface area (Å²) in [5.74, 6) is 1.08. The molecule has 0 unspecified atom stereocenters. The third-order valence-corrected chi connectivity index (χ3v) is 3.25. The molecule has 20 heavy (non-hydrogen) atoms. The van der Waals surface area contributed by atoms with Gasteiger partial charge in [0.05, 0.1) is 6.61 Å². The minimum Gasteiger partial charge on any atom is -0.380 e. The van der Waals surface area contributed by atoms with Crippen molar-refractivity contribution in [1.82, 2.24) is 10.3 Å². The van der Waals surface area contributed by atoms with E-state index >= 15 is 0 Å². The third-order valence-electron chi connectivity index (χ3n) is 3.25. The summed E-state index contributed by atoms with van der Waals surface area (Å²) in [7, 11) is 0. The molecule has 0 amide bonds. The number of likely N-dealkylation sites (N-methyl/N-ethyl adjacent to an activating group) is 1. The van der Waals surface area contributed by atoms with Crippen molar-refractivity contribution in [2.45, 2.75) is 40.7 Å². The first kappa shape index (κ1) is 16.9. The summed E-state index contributed by atoms with van der Waals surface area (Å²) < 4.78 is 5.44. The predicted molar refractivity (Wildman–Crippen MR) is 85.4 cm³/mol. The van der Waals surface area contributed by atoms with Crippen LogP contribution in [0, 0.1) is 6.92 Å². The maximum Gasteiger partial charge on any atom is 0.131 e. The van der Waals surface area contributed by atoms with Crippen molar-refractivity contribution in [2.24, 2.45) is 0 Å². The molecule has 4 heteroatoms. The number of rotatable bonds is 10. The molecule has 1 aromatic heterocycles. The van der Waals surface area contributed by atoms with Crippen LogP contribution >= 0.6 is 0 Å². The number of aromatic nitrogens is 1. The van der Waals surface area contributed by atoms with Crippen LogP contribution in [0.5, 0.6) is 0 Å². The average Bonchev–Trinajstić information content (AvgIpc) is 2.45. The van der Waals surface area contributed by atoms with Crippen molar-refractivity contribution < 1.29 is 4.74 Å². The van der Waals surface area contributed by atoms with E-state index in [0.29, 0.717) is 0 Å². The number of ether oxygens (including phenoxy) is 1. The molecule has 1 aromatic rings. The maximum absolute atomic E-state index is 5.44. The Morgan fingerprint density at radius 2 is 2.10 bits per heavy atom. The molecule has 0 radical (unpaired) electrons. The van der Waals surface area contributed by atoms with E-state index < -0.39 is 0 Å². The van der Waals surface area contributed by atoms with Crippen LogP contribution in [-0.2, 0) is 11.3 Å². The van der Waals surface area contributed by atoms with E-state index in [1.807, 2.05) is 13.1 Å². The highest BCUT2D eigenvalue weighted by Crippen LogP contribution is 2.17. The molecule has 114 valence electrons. The number of pyridine rings is 1. The SMILES string of the molecule is CCCNCc1cnc(N(CC)CCOCC)c(C)c1. The molecule has 0 saturated heterocycles. The van der Waals surface area contributed by atoms with Gasteiger partial charge in [-0.3, -0.25) is 0 Å². The molecule has 0 aliphatic heterocycles. The summed E-state index contributed by atoms with van der Waals surface area (Å²) in [5, 5.41) is 3.41. The molecular formula is C16H29N3O. The van der Waals surface area contributed by atoms with Crippen LogP contribution in [0.25, 0.3) is 0 Å². The van der Waals surface area contributed by atoms with Crippen LogP contribution in [-0.4, -0.2) is 37.8 Å². The fourth-order valence-corrected chi connectivity index (χ4v) is 2.20. The molecule has 1 heterocycles. The zero-order valence-corrected chi connectivity index (χ0v) is 13.4. The minimum atomic E-state index is 0.755. The second-order valence-corrected chi connectivity index (χ2v) is 4.94. The van der Waals surface area contributed by atoms with E-state index in [2.05, 4.69) is 42.0 Å². The first-order valence-electron chi connectivity index (χ1n) is 7.71. The standard InChI is InChI=1S/C16H29N3O/c1-5-8-17-12-15-11-14(4)16(18-13-15)19(6-2)9-10-20-7-3/h11,13,17H,5-10,12H2,1-4H3. The van der Waals surface area contributed by atoms with Crippen LogP contribution in [0.1, 0.15) is 38.3 Å². The van der Waals surface area contributed by atoms with E-state index in [1.165, 1.54) is 11.1 Å². The molecule has 0 fully saturated rings. The van der Waals surface area contributed by atoms with Gasteiger partial charge in [-0.2, -0.15) is 0 Å². The normalized spacial score (nSPS) is 10.8. The van der Waals surface area contributed by atoms with Crippen LogP contribution in [0.2, 0.25) is 0 Å². The zero-order chi connectivity index (χ0) is 14.8. The Hall–Kier alpha value is -1.13. The van der Waals surface area contributed by atoms with E-state index in [0.717, 1.165) is 51.6 Å². The van der Waals surface area contributed by atoms with Gasteiger partial charge in [0.15, 0.2) is 0 Å². The lowest BCUT2D eigenvalue weighted by Crippen LogP contribution is -2.28. The highest BCUT2D eigenvalue weighted by molar-refractivity contribution is 5.47. The van der Waals surface area contributed by atoms with Gasteiger partial charge in [0.25, 0.3) is 0 Å². The quantitative estimate of drug-likeness (QED) is 0.668. The summed E-state index contributed by atoms with van der Waals surface area (Å²) in [6.45, 7) is 13.8. The van der Waals surface area contributed by atoms with Gasteiger partial charge in [0.1, 0.15) is 5.82 Å². The number of aryl methyl sites for hydroxylation is 1. The van der Waals surface area contributed by atoms with E-state index in [1.54, 1.807) is 0 Å². The summed E-state index contributed by atoms with van der Waals surface area (Å²) in [6, 6.07) is 2.23. The van der Waals surface area contributed by atoms with Crippen molar-refractivity contribution in [3.63, 3.8) is 0 Å². The summed E-state index contributed by atoms with van der Waals surface area (Å²) in [5.41, 5.74) is 2.49. The number of hydrogen-bond donors (Lipinski definition) is 1. The van der Waals surface area contributed by atoms with Crippen molar-refractivity contribution in [1.29, 1.82) is 0 Å². The summed E-state index contributed by atoms with van der Waals surface area (Å²) in [6.07, 6.45) is 3.14. The Bertz CT molecular complexity index is 382. The first-order valence-corrected chi connectivity index (χ1v) is 7.71. The number of anilines is 1. The van der Waals surface area contributed by atoms with Gasteiger partial charge >= 0.3 is 0 Å². The lowest BCUT2D eigenvalue weighted by Gasteiger charge is -2.23. The Morgan fingerprint density at radius 1 is 1.30 bits per heavy atom. The van der Waals surface area contributed by atoms with Gasteiger partial charge in [0.2, 0.25) is 0 Å². The van der Waals surface area contributed by atoms with Gasteiger partial charge in [-0.15, -0.1) is 0 Å². The van der Waals surface area contributed by atoms with Crippen LogP contribution < -0.4 is 10.2 Å². The Balaban J connectivity index is 2.64. The van der Waals surface area contributed by atoms with Crippen molar-refractivity contribution in [3.8, 4) is 0 Å². The fourth-order valence-electron chi connectivity index (χ4n) is 2.20.